The van der Waals surface area contributed by atoms with Crippen LogP contribution in [0.15, 0.2) is 109 Å². The van der Waals surface area contributed by atoms with Crippen molar-refractivity contribution in [2.75, 3.05) is 9.80 Å². The maximum Gasteiger partial charge on any atom is 0.262 e. The summed E-state index contributed by atoms with van der Waals surface area (Å²) in [5, 5.41) is 2.46. The zero-order valence-corrected chi connectivity index (χ0v) is 39.5. The Labute approximate surface area is 382 Å². The molecule has 0 N–H and O–H groups in total. The number of aromatic nitrogens is 1. The number of benzene rings is 7. The van der Waals surface area contributed by atoms with Gasteiger partial charge >= 0.3 is 0 Å². The molecule has 0 amide bonds. The summed E-state index contributed by atoms with van der Waals surface area (Å²) in [7, 11) is 0. The number of nitrogens with zero attached hydrogens (tertiary/aromatic N) is 3. The first-order valence-corrected chi connectivity index (χ1v) is 23.3. The van der Waals surface area contributed by atoms with Gasteiger partial charge in [-0.25, -0.2) is 0 Å². The van der Waals surface area contributed by atoms with Crippen LogP contribution in [0.25, 0.3) is 27.5 Å². The summed E-state index contributed by atoms with van der Waals surface area (Å²) >= 11 is 0. The molecule has 0 radical (unpaired) electrons. The lowest BCUT2D eigenvalue weighted by molar-refractivity contribution is 0.435. The molecular formula is C58H54BN3O3. The number of hydrogen-bond donors (Lipinski definition) is 0. The highest BCUT2D eigenvalue weighted by Gasteiger charge is 2.54. The van der Waals surface area contributed by atoms with Gasteiger partial charge in [-0.05, 0) is 98.9 Å². The molecule has 0 atom stereocenters. The van der Waals surface area contributed by atoms with E-state index in [-0.39, 0.29) is 28.4 Å². The van der Waals surface area contributed by atoms with Crippen molar-refractivity contribution in [1.29, 1.82) is 0 Å². The number of para-hydroxylation sites is 2. The summed E-state index contributed by atoms with van der Waals surface area (Å²) in [5.74, 6) is 5.30. The Balaban J connectivity index is 1.22. The van der Waals surface area contributed by atoms with Crippen molar-refractivity contribution in [1.82, 2.24) is 4.57 Å². The third-order valence-electron chi connectivity index (χ3n) is 14.7. The smallest absolute Gasteiger partial charge is 0.262 e. The minimum absolute atomic E-state index is 0.0713. The first-order valence-electron chi connectivity index (χ1n) is 23.3. The summed E-state index contributed by atoms with van der Waals surface area (Å²) in [5.41, 5.74) is 17.5. The zero-order chi connectivity index (χ0) is 45.0. The van der Waals surface area contributed by atoms with Gasteiger partial charge in [0, 0.05) is 44.2 Å². The van der Waals surface area contributed by atoms with E-state index in [0.29, 0.717) is 0 Å². The Morgan fingerprint density at radius 1 is 0.400 bits per heavy atom. The Morgan fingerprint density at radius 2 is 0.831 bits per heavy atom. The molecule has 0 spiro atoms. The highest BCUT2D eigenvalue weighted by atomic mass is 16.5. The fourth-order valence-electron chi connectivity index (χ4n) is 11.4. The van der Waals surface area contributed by atoms with Crippen LogP contribution in [0.2, 0.25) is 0 Å². The van der Waals surface area contributed by atoms with Crippen LogP contribution in [0, 0.1) is 0 Å². The van der Waals surface area contributed by atoms with Crippen LogP contribution >= 0.6 is 0 Å². The molecule has 322 valence electrons. The quantitative estimate of drug-likeness (QED) is 0.154. The molecule has 65 heavy (non-hydrogen) atoms. The topological polar surface area (TPSA) is 39.1 Å². The van der Waals surface area contributed by atoms with E-state index >= 15 is 0 Å². The van der Waals surface area contributed by atoms with Gasteiger partial charge < -0.3 is 28.6 Å². The Morgan fingerprint density at radius 3 is 1.25 bits per heavy atom. The van der Waals surface area contributed by atoms with Gasteiger partial charge in [0.1, 0.15) is 11.5 Å². The van der Waals surface area contributed by atoms with Crippen molar-refractivity contribution in [3.8, 4) is 40.2 Å². The average molecular weight is 852 g/mol. The molecule has 7 aromatic carbocycles. The van der Waals surface area contributed by atoms with Gasteiger partial charge in [-0.15, -0.1) is 0 Å². The number of rotatable bonds is 1. The molecule has 0 saturated heterocycles. The molecule has 0 aliphatic carbocycles. The SMILES string of the molecule is CC(C)(C)c1ccc2c(c1)Oc1c(C(C)(C)C)cc3c4c1N2c1cc(-n2c5ccccc5c5ccccc52)cc2c1B4c1c(cc(C(C)(C)C)c4c1N2c1ccc(C(C)(C)C)cc1O4)O3. The van der Waals surface area contributed by atoms with E-state index in [0.717, 1.165) is 96.4 Å². The summed E-state index contributed by atoms with van der Waals surface area (Å²) in [6.45, 7) is 27.2. The maximum absolute atomic E-state index is 7.38. The second-order valence-corrected chi connectivity index (χ2v) is 23.1. The third kappa shape index (κ3) is 5.13. The van der Waals surface area contributed by atoms with Gasteiger partial charge in [0.2, 0.25) is 0 Å². The predicted molar refractivity (Wildman–Crippen MR) is 270 cm³/mol. The van der Waals surface area contributed by atoms with Crippen molar-refractivity contribution in [3.63, 3.8) is 0 Å². The lowest BCUT2D eigenvalue weighted by Gasteiger charge is -2.50. The van der Waals surface area contributed by atoms with E-state index < -0.39 is 0 Å². The Bertz CT molecular complexity index is 3260. The van der Waals surface area contributed by atoms with Crippen molar-refractivity contribution < 1.29 is 14.2 Å². The fraction of sp³-hybridized carbons (Fsp3) is 0.276. The van der Waals surface area contributed by atoms with Gasteiger partial charge in [-0.1, -0.05) is 132 Å². The molecule has 0 unspecified atom stereocenters. The van der Waals surface area contributed by atoms with Crippen LogP contribution in [-0.4, -0.2) is 11.3 Å². The summed E-state index contributed by atoms with van der Waals surface area (Å²) < 4.78 is 24.5. The first-order chi connectivity index (χ1) is 30.8. The molecule has 8 aromatic rings. The summed E-state index contributed by atoms with van der Waals surface area (Å²) in [4.78, 5) is 5.05. The maximum atomic E-state index is 7.38. The summed E-state index contributed by atoms with van der Waals surface area (Å²) in [6.07, 6.45) is 0. The molecular weight excluding hydrogens is 797 g/mol. The largest absolute Gasteiger partial charge is 0.458 e. The predicted octanol–water partition coefficient (Wildman–Crippen LogP) is 14.4. The second kappa shape index (κ2) is 12.2. The molecule has 7 heteroatoms. The van der Waals surface area contributed by atoms with E-state index in [9.17, 15) is 0 Å². The van der Waals surface area contributed by atoms with Gasteiger partial charge in [0.15, 0.2) is 23.0 Å². The molecule has 6 heterocycles. The monoisotopic (exact) mass is 851 g/mol. The first kappa shape index (κ1) is 38.8. The van der Waals surface area contributed by atoms with Crippen LogP contribution in [0.1, 0.15) is 105 Å². The van der Waals surface area contributed by atoms with E-state index in [4.69, 9.17) is 14.2 Å². The van der Waals surface area contributed by atoms with E-state index in [1.54, 1.807) is 0 Å². The highest BCUT2D eigenvalue weighted by molar-refractivity contribution is 7.02. The van der Waals surface area contributed by atoms with Crippen LogP contribution < -0.4 is 40.4 Å². The van der Waals surface area contributed by atoms with Gasteiger partial charge in [0.05, 0.1) is 39.5 Å². The Hall–Kier alpha value is -6.60. The van der Waals surface area contributed by atoms with Gasteiger partial charge in [-0.3, -0.25) is 0 Å². The molecule has 0 fully saturated rings. The number of hydrogen-bond acceptors (Lipinski definition) is 5. The van der Waals surface area contributed by atoms with Crippen molar-refractivity contribution in [2.45, 2.75) is 105 Å². The number of ether oxygens (including phenoxy) is 3. The molecule has 0 saturated carbocycles. The van der Waals surface area contributed by atoms with Gasteiger partial charge in [0.25, 0.3) is 6.71 Å². The molecule has 13 rings (SSSR count). The number of anilines is 6. The molecule has 6 nitrogen and oxygen atoms in total. The highest BCUT2D eigenvalue weighted by Crippen LogP contribution is 2.62. The standard InChI is InChI=1S/C58H54BN3O3/c1-55(2,3)31-21-23-40-44(25-31)64-53-36(57(7,8)9)29-46-49-51(53)61(40)42-27-33(60-38-19-15-13-17-34(38)35-18-14-16-20-39(35)60)28-43-48(42)59(49)50-47(63-46)30-37(58(10,11)12)54-52(50)62(43)41-24-22-32(56(4,5)6)26-45(41)65-54/h13-30H,1-12H3. The number of fused-ring (bicyclic) bond motifs is 9. The fourth-order valence-corrected chi connectivity index (χ4v) is 11.4. The average Bonchev–Trinajstić information content (AvgIpc) is 3.59. The molecule has 5 aliphatic rings. The van der Waals surface area contributed by atoms with Crippen molar-refractivity contribution in [3.05, 3.63) is 131 Å². The minimum Gasteiger partial charge on any atom is -0.458 e. The van der Waals surface area contributed by atoms with E-state index in [2.05, 4.69) is 207 Å². The third-order valence-corrected chi connectivity index (χ3v) is 14.7. The second-order valence-electron chi connectivity index (χ2n) is 23.1. The van der Waals surface area contributed by atoms with E-state index in [1.807, 2.05) is 0 Å². The molecule has 0 bridgehead atoms. The van der Waals surface area contributed by atoms with Gasteiger partial charge in [-0.2, -0.15) is 0 Å². The van der Waals surface area contributed by atoms with Crippen molar-refractivity contribution in [2.24, 2.45) is 0 Å². The lowest BCUT2D eigenvalue weighted by Crippen LogP contribution is -2.64. The van der Waals surface area contributed by atoms with Crippen LogP contribution in [0.4, 0.5) is 34.1 Å². The van der Waals surface area contributed by atoms with Crippen LogP contribution in [0.3, 0.4) is 0 Å². The lowest BCUT2D eigenvalue weighted by atomic mass is 9.32. The molecule has 5 aliphatic heterocycles. The summed E-state index contributed by atoms with van der Waals surface area (Å²) in [6, 6.07) is 40.8. The van der Waals surface area contributed by atoms with Crippen LogP contribution in [0.5, 0.6) is 34.5 Å². The van der Waals surface area contributed by atoms with Crippen LogP contribution in [-0.2, 0) is 21.7 Å². The zero-order valence-electron chi connectivity index (χ0n) is 39.5. The Kier molecular flexibility index (Phi) is 7.28. The normalized spacial score (nSPS) is 15.0. The molecule has 1 aromatic heterocycles. The van der Waals surface area contributed by atoms with Crippen molar-refractivity contribution >= 4 is 79.0 Å². The van der Waals surface area contributed by atoms with E-state index in [1.165, 1.54) is 38.4 Å². The minimum atomic E-state index is -0.259.